The molecule has 1 amide bonds. The first-order chi connectivity index (χ1) is 14.3. The molecule has 1 saturated heterocycles. The van der Waals surface area contributed by atoms with Crippen molar-refractivity contribution >= 4 is 23.2 Å². The van der Waals surface area contributed by atoms with E-state index in [1.165, 1.54) is 12.0 Å². The molecule has 4 rings (SSSR count). The zero-order valence-corrected chi connectivity index (χ0v) is 18.6. The summed E-state index contributed by atoms with van der Waals surface area (Å²) in [5, 5.41) is 14.7. The number of benzene rings is 2. The summed E-state index contributed by atoms with van der Waals surface area (Å²) in [6.45, 7) is 6.60. The van der Waals surface area contributed by atoms with Crippen LogP contribution in [0, 0.1) is 5.92 Å². The van der Waals surface area contributed by atoms with Gasteiger partial charge in [0.2, 0.25) is 5.91 Å². The number of amides is 1. The van der Waals surface area contributed by atoms with Crippen LogP contribution in [-0.4, -0.2) is 35.5 Å². The van der Waals surface area contributed by atoms with E-state index in [1.807, 2.05) is 12.1 Å². The number of hydrogen-bond donors (Lipinski definition) is 2. The quantitative estimate of drug-likeness (QED) is 0.711. The fraction of sp³-hybridized carbons (Fsp3) is 0.480. The van der Waals surface area contributed by atoms with Gasteiger partial charge in [0.15, 0.2) is 0 Å². The number of likely N-dealkylation sites (tertiary alicyclic amines) is 1. The zero-order valence-electron chi connectivity index (χ0n) is 17.8. The lowest BCUT2D eigenvalue weighted by Gasteiger charge is -2.37. The number of carbonyl (C=O) groups is 1. The average Bonchev–Trinajstić information content (AvgIpc) is 2.67. The molecule has 2 aromatic rings. The molecule has 0 aromatic heterocycles. The number of nitrogens with one attached hydrogen (secondary N) is 1. The Balaban J connectivity index is 1.50. The number of β-amino-alcohol motifs (C(OH)–C–C–N with tert-alkyl or cyclic N) is 1. The van der Waals surface area contributed by atoms with Gasteiger partial charge in [0.05, 0.1) is 11.8 Å². The third-order valence-corrected chi connectivity index (χ3v) is 6.85. The predicted molar refractivity (Wildman–Crippen MR) is 122 cm³/mol. The summed E-state index contributed by atoms with van der Waals surface area (Å²) < 4.78 is 0. The van der Waals surface area contributed by atoms with Crippen LogP contribution in [-0.2, 0) is 16.6 Å². The van der Waals surface area contributed by atoms with Crippen LogP contribution >= 0.6 is 11.6 Å². The molecule has 2 atom stereocenters. The highest BCUT2D eigenvalue weighted by Crippen LogP contribution is 2.43. The Morgan fingerprint density at radius 1 is 1.23 bits per heavy atom. The second kappa shape index (κ2) is 8.70. The summed E-state index contributed by atoms with van der Waals surface area (Å²) in [4.78, 5) is 14.6. The van der Waals surface area contributed by atoms with Gasteiger partial charge in [-0.3, -0.25) is 4.79 Å². The summed E-state index contributed by atoms with van der Waals surface area (Å²) in [7, 11) is 0. The molecule has 2 heterocycles. The molecule has 0 aliphatic carbocycles. The SMILES string of the molecule is CC1(C)CC(=O)Nc2c1ccc(Cl)c2C(O)CN1CCCC(Cc2ccccc2)C1. The van der Waals surface area contributed by atoms with Crippen molar-refractivity contribution in [2.45, 2.75) is 51.0 Å². The van der Waals surface area contributed by atoms with Crippen molar-refractivity contribution in [2.75, 3.05) is 25.0 Å². The molecule has 1 fully saturated rings. The number of hydrogen-bond acceptors (Lipinski definition) is 3. The normalized spacial score (nSPS) is 22.3. The Morgan fingerprint density at radius 2 is 2.00 bits per heavy atom. The number of rotatable bonds is 5. The number of aliphatic hydroxyl groups is 1. The molecule has 2 aromatic carbocycles. The van der Waals surface area contributed by atoms with Crippen molar-refractivity contribution in [1.82, 2.24) is 4.90 Å². The van der Waals surface area contributed by atoms with Crippen molar-refractivity contribution in [3.8, 4) is 0 Å². The standard InChI is InChI=1S/C25H31ClN2O2/c1-25(2)14-22(30)27-24-19(25)10-11-20(26)23(24)21(29)16-28-12-6-9-18(15-28)13-17-7-4-3-5-8-17/h3-5,7-8,10-11,18,21,29H,6,9,12-16H2,1-2H3,(H,27,30). The van der Waals surface area contributed by atoms with Crippen molar-refractivity contribution in [3.63, 3.8) is 0 Å². The third kappa shape index (κ3) is 4.56. The first kappa shape index (κ1) is 21.4. The van der Waals surface area contributed by atoms with Crippen LogP contribution in [0.3, 0.4) is 0 Å². The van der Waals surface area contributed by atoms with Gasteiger partial charge in [-0.2, -0.15) is 0 Å². The van der Waals surface area contributed by atoms with Crippen LogP contribution in [0.15, 0.2) is 42.5 Å². The van der Waals surface area contributed by atoms with Gasteiger partial charge in [0.25, 0.3) is 0 Å². The van der Waals surface area contributed by atoms with Gasteiger partial charge < -0.3 is 15.3 Å². The minimum atomic E-state index is -0.739. The molecular weight excluding hydrogens is 396 g/mol. The first-order valence-corrected chi connectivity index (χ1v) is 11.3. The van der Waals surface area contributed by atoms with E-state index in [2.05, 4.69) is 54.4 Å². The highest BCUT2D eigenvalue weighted by molar-refractivity contribution is 6.32. The molecule has 2 aliphatic heterocycles. The molecule has 0 saturated carbocycles. The topological polar surface area (TPSA) is 52.6 Å². The predicted octanol–water partition coefficient (Wildman–Crippen LogP) is 4.95. The smallest absolute Gasteiger partial charge is 0.225 e. The summed E-state index contributed by atoms with van der Waals surface area (Å²) >= 11 is 6.52. The number of anilines is 1. The minimum absolute atomic E-state index is 0.0240. The lowest BCUT2D eigenvalue weighted by atomic mass is 9.76. The Morgan fingerprint density at radius 3 is 2.77 bits per heavy atom. The summed E-state index contributed by atoms with van der Waals surface area (Å²) in [6, 6.07) is 14.4. The summed E-state index contributed by atoms with van der Waals surface area (Å²) in [6.07, 6.45) is 3.11. The van der Waals surface area contributed by atoms with Gasteiger partial charge in [-0.25, -0.2) is 0 Å². The number of nitrogens with zero attached hydrogens (tertiary/aromatic N) is 1. The number of piperidine rings is 1. The van der Waals surface area contributed by atoms with Gasteiger partial charge >= 0.3 is 0 Å². The zero-order chi connectivity index (χ0) is 21.3. The second-order valence-electron chi connectivity index (χ2n) is 9.47. The molecular formula is C25H31ClN2O2. The largest absolute Gasteiger partial charge is 0.387 e. The van der Waals surface area contributed by atoms with Crippen LogP contribution in [0.2, 0.25) is 5.02 Å². The average molecular weight is 427 g/mol. The van der Waals surface area contributed by atoms with Crippen molar-refractivity contribution < 1.29 is 9.90 Å². The number of fused-ring (bicyclic) bond motifs is 1. The number of carbonyl (C=O) groups excluding carboxylic acids is 1. The number of aliphatic hydroxyl groups excluding tert-OH is 1. The maximum Gasteiger partial charge on any atom is 0.225 e. The van der Waals surface area contributed by atoms with E-state index in [1.54, 1.807) is 0 Å². The second-order valence-corrected chi connectivity index (χ2v) is 9.87. The van der Waals surface area contributed by atoms with E-state index in [9.17, 15) is 9.90 Å². The molecule has 5 heteroatoms. The number of halogens is 1. The van der Waals surface area contributed by atoms with Gasteiger partial charge in [-0.05, 0) is 48.9 Å². The van der Waals surface area contributed by atoms with Crippen molar-refractivity contribution in [1.29, 1.82) is 0 Å². The maximum atomic E-state index is 12.3. The fourth-order valence-corrected chi connectivity index (χ4v) is 5.35. The molecule has 160 valence electrons. The monoisotopic (exact) mass is 426 g/mol. The van der Waals surface area contributed by atoms with E-state index >= 15 is 0 Å². The van der Waals surface area contributed by atoms with Crippen molar-refractivity contribution in [2.24, 2.45) is 5.92 Å². The lowest BCUT2D eigenvalue weighted by Crippen LogP contribution is -2.39. The van der Waals surface area contributed by atoms with E-state index in [0.717, 1.165) is 31.5 Å². The van der Waals surface area contributed by atoms with E-state index in [-0.39, 0.29) is 11.3 Å². The first-order valence-electron chi connectivity index (χ1n) is 10.9. The molecule has 0 radical (unpaired) electrons. The third-order valence-electron chi connectivity index (χ3n) is 6.52. The van der Waals surface area contributed by atoms with Gasteiger partial charge in [0, 0.05) is 35.5 Å². The summed E-state index contributed by atoms with van der Waals surface area (Å²) in [5.41, 5.74) is 3.49. The maximum absolute atomic E-state index is 12.3. The van der Waals surface area contributed by atoms with Crippen LogP contribution in [0.5, 0.6) is 0 Å². The minimum Gasteiger partial charge on any atom is -0.387 e. The molecule has 2 aliphatic rings. The van der Waals surface area contributed by atoms with Gasteiger partial charge in [-0.1, -0.05) is 61.8 Å². The fourth-order valence-electron chi connectivity index (χ4n) is 5.07. The lowest BCUT2D eigenvalue weighted by molar-refractivity contribution is -0.117. The van der Waals surface area contributed by atoms with Crippen LogP contribution in [0.4, 0.5) is 5.69 Å². The molecule has 2 N–H and O–H groups in total. The van der Waals surface area contributed by atoms with Crippen molar-refractivity contribution in [3.05, 3.63) is 64.2 Å². The van der Waals surface area contributed by atoms with E-state index in [4.69, 9.17) is 11.6 Å². The Labute approximate surface area is 184 Å². The van der Waals surface area contributed by atoms with Crippen LogP contribution in [0.1, 0.15) is 55.9 Å². The van der Waals surface area contributed by atoms with E-state index in [0.29, 0.717) is 35.2 Å². The molecule has 2 unspecified atom stereocenters. The van der Waals surface area contributed by atoms with Gasteiger partial charge in [0.1, 0.15) is 0 Å². The van der Waals surface area contributed by atoms with E-state index < -0.39 is 6.10 Å². The van der Waals surface area contributed by atoms with Crippen LogP contribution in [0.25, 0.3) is 0 Å². The molecule has 30 heavy (non-hydrogen) atoms. The van der Waals surface area contributed by atoms with Crippen LogP contribution < -0.4 is 5.32 Å². The Hall–Kier alpha value is -1.88. The molecule has 0 bridgehead atoms. The summed E-state index contributed by atoms with van der Waals surface area (Å²) in [5.74, 6) is 0.566. The van der Waals surface area contributed by atoms with Gasteiger partial charge in [-0.15, -0.1) is 0 Å². The Kier molecular flexibility index (Phi) is 6.19. The molecule has 4 nitrogen and oxygen atoms in total. The highest BCUT2D eigenvalue weighted by atomic mass is 35.5. The Bertz CT molecular complexity index is 913. The highest BCUT2D eigenvalue weighted by Gasteiger charge is 2.35. The molecule has 0 spiro atoms.